The van der Waals surface area contributed by atoms with Gasteiger partial charge in [0.1, 0.15) is 5.75 Å². The van der Waals surface area contributed by atoms with Gasteiger partial charge in [0.05, 0.1) is 0 Å². The molecule has 0 aliphatic carbocycles. The van der Waals surface area contributed by atoms with E-state index in [0.29, 0.717) is 11.8 Å². The van der Waals surface area contributed by atoms with Crippen molar-refractivity contribution in [1.29, 1.82) is 0 Å². The van der Waals surface area contributed by atoms with Gasteiger partial charge in [-0.05, 0) is 37.5 Å². The van der Waals surface area contributed by atoms with Crippen LogP contribution in [0.25, 0.3) is 0 Å². The Morgan fingerprint density at radius 1 is 1.05 bits per heavy atom. The van der Waals surface area contributed by atoms with E-state index in [0.717, 1.165) is 12.2 Å². The van der Waals surface area contributed by atoms with E-state index in [1.165, 1.54) is 5.56 Å². The minimum absolute atomic E-state index is 0.517. The van der Waals surface area contributed by atoms with E-state index in [1.54, 1.807) is 0 Å². The summed E-state index contributed by atoms with van der Waals surface area (Å²) in [7, 11) is 0. The molecule has 0 bridgehead atoms. The third kappa shape index (κ3) is 6.80. The molecule has 1 heterocycles. The molecule has 1 atom stereocenters. The maximum Gasteiger partial charge on any atom is 0.215 e. The van der Waals surface area contributed by atoms with Crippen molar-refractivity contribution in [3.63, 3.8) is 0 Å². The highest BCUT2D eigenvalue weighted by molar-refractivity contribution is 5.60. The fraction of sp³-hybridized carbons (Fsp3) is 0.471. The van der Waals surface area contributed by atoms with Crippen LogP contribution in [-0.4, -0.2) is 6.21 Å². The molecule has 0 radical (unpaired) electrons. The van der Waals surface area contributed by atoms with E-state index < -0.39 is 0 Å². The Labute approximate surface area is 118 Å². The third-order valence-corrected chi connectivity index (χ3v) is 2.37. The fourth-order valence-electron chi connectivity index (χ4n) is 1.45. The minimum Gasteiger partial charge on any atom is -0.439 e. The zero-order valence-electron chi connectivity index (χ0n) is 13.1. The van der Waals surface area contributed by atoms with Gasteiger partial charge in [0.15, 0.2) is 0 Å². The Balaban J connectivity index is 0.000000741. The molecule has 0 saturated carbocycles. The van der Waals surface area contributed by atoms with Crippen LogP contribution >= 0.6 is 0 Å². The molecule has 2 heteroatoms. The van der Waals surface area contributed by atoms with Gasteiger partial charge in [-0.25, -0.2) is 4.99 Å². The summed E-state index contributed by atoms with van der Waals surface area (Å²) in [5.74, 6) is 2.07. The molecule has 1 aromatic rings. The van der Waals surface area contributed by atoms with Crippen molar-refractivity contribution in [1.82, 2.24) is 0 Å². The number of nitrogens with zero attached hydrogens (tertiary/aromatic N) is 1. The highest BCUT2D eigenvalue weighted by Gasteiger charge is 2.06. The van der Waals surface area contributed by atoms with Crippen molar-refractivity contribution >= 4 is 6.21 Å². The fourth-order valence-corrected chi connectivity index (χ4v) is 1.45. The molecule has 2 rings (SSSR count). The van der Waals surface area contributed by atoms with Crippen molar-refractivity contribution in [2.75, 3.05) is 0 Å². The van der Waals surface area contributed by atoms with E-state index in [1.807, 2.05) is 58.2 Å². The predicted octanol–water partition coefficient (Wildman–Crippen LogP) is 5.38. The van der Waals surface area contributed by atoms with E-state index in [9.17, 15) is 0 Å². The van der Waals surface area contributed by atoms with Crippen LogP contribution in [0.3, 0.4) is 0 Å². The SMILES string of the molecule is CC.CC.Cc1ccc(OC2=CC(C)CC=N2)cc1. The van der Waals surface area contributed by atoms with Crippen LogP contribution in [0.15, 0.2) is 41.2 Å². The summed E-state index contributed by atoms with van der Waals surface area (Å²) >= 11 is 0. The van der Waals surface area contributed by atoms with Crippen molar-refractivity contribution in [3.05, 3.63) is 41.8 Å². The second kappa shape index (κ2) is 10.4. The first-order valence-electron chi connectivity index (χ1n) is 7.23. The first-order chi connectivity index (χ1) is 9.24. The molecule has 0 aromatic heterocycles. The number of aliphatic imine (C=N–C) groups is 1. The molecule has 1 unspecified atom stereocenters. The second-order valence-corrected chi connectivity index (χ2v) is 3.94. The predicted molar refractivity (Wildman–Crippen MR) is 84.9 cm³/mol. The Kier molecular flexibility index (Phi) is 9.51. The summed E-state index contributed by atoms with van der Waals surface area (Å²) in [6.45, 7) is 12.2. The largest absolute Gasteiger partial charge is 0.439 e. The molecule has 0 N–H and O–H groups in total. The van der Waals surface area contributed by atoms with Gasteiger partial charge in [-0.3, -0.25) is 0 Å². The normalized spacial score (nSPS) is 16.3. The van der Waals surface area contributed by atoms with Crippen molar-refractivity contribution in [2.45, 2.75) is 48.0 Å². The maximum absolute atomic E-state index is 5.64. The summed E-state index contributed by atoms with van der Waals surface area (Å²) in [5, 5.41) is 0. The monoisotopic (exact) mass is 261 g/mol. The van der Waals surface area contributed by atoms with Gasteiger partial charge >= 0.3 is 0 Å². The van der Waals surface area contributed by atoms with Crippen LogP contribution in [0, 0.1) is 12.8 Å². The molecule has 0 amide bonds. The lowest BCUT2D eigenvalue weighted by Gasteiger charge is -2.12. The summed E-state index contributed by atoms with van der Waals surface area (Å²) in [4.78, 5) is 4.21. The van der Waals surface area contributed by atoms with Gasteiger partial charge in [0, 0.05) is 6.21 Å². The molecule has 19 heavy (non-hydrogen) atoms. The third-order valence-electron chi connectivity index (χ3n) is 2.37. The standard InChI is InChI=1S/C13H15NO.2C2H6/c1-10-3-5-12(6-4-10)15-13-9-11(2)7-8-14-13;2*1-2/h3-6,8-9,11H,7H2,1-2H3;2*1-2H3. The zero-order chi connectivity index (χ0) is 14.7. The molecule has 0 fully saturated rings. The Morgan fingerprint density at radius 3 is 2.16 bits per heavy atom. The zero-order valence-corrected chi connectivity index (χ0v) is 13.1. The average Bonchev–Trinajstić information content (AvgIpc) is 2.46. The van der Waals surface area contributed by atoms with Gasteiger partial charge in [-0.2, -0.15) is 0 Å². The van der Waals surface area contributed by atoms with Crippen molar-refractivity contribution < 1.29 is 4.74 Å². The maximum atomic E-state index is 5.64. The van der Waals surface area contributed by atoms with Gasteiger partial charge in [-0.1, -0.05) is 52.3 Å². The molecule has 1 aliphatic heterocycles. The smallest absolute Gasteiger partial charge is 0.215 e. The second-order valence-electron chi connectivity index (χ2n) is 3.94. The Morgan fingerprint density at radius 2 is 1.63 bits per heavy atom. The van der Waals surface area contributed by atoms with Crippen LogP contribution in [-0.2, 0) is 0 Å². The van der Waals surface area contributed by atoms with Crippen LogP contribution in [0.1, 0.15) is 46.6 Å². The topological polar surface area (TPSA) is 21.6 Å². The van der Waals surface area contributed by atoms with Crippen LogP contribution in [0.2, 0.25) is 0 Å². The van der Waals surface area contributed by atoms with Crippen molar-refractivity contribution in [3.8, 4) is 5.75 Å². The quantitative estimate of drug-likeness (QED) is 0.700. The molecule has 1 aliphatic rings. The number of hydrogen-bond donors (Lipinski definition) is 0. The number of aryl methyl sites for hydroxylation is 1. The lowest BCUT2D eigenvalue weighted by molar-refractivity contribution is 0.410. The lowest BCUT2D eigenvalue weighted by Crippen LogP contribution is -2.03. The molecular formula is C17H27NO. The van der Waals surface area contributed by atoms with E-state index in [4.69, 9.17) is 4.74 Å². The van der Waals surface area contributed by atoms with Gasteiger partial charge in [0.25, 0.3) is 0 Å². The van der Waals surface area contributed by atoms with Gasteiger partial charge in [-0.15, -0.1) is 0 Å². The highest BCUT2D eigenvalue weighted by atomic mass is 16.5. The first-order valence-corrected chi connectivity index (χ1v) is 7.23. The Hall–Kier alpha value is -1.57. The molecule has 106 valence electrons. The van der Waals surface area contributed by atoms with E-state index >= 15 is 0 Å². The summed E-state index contributed by atoms with van der Waals surface area (Å²) in [6.07, 6.45) is 4.97. The average molecular weight is 261 g/mol. The Bertz CT molecular complexity index is 390. The number of allylic oxidation sites excluding steroid dienone is 1. The lowest BCUT2D eigenvalue weighted by atomic mass is 10.1. The van der Waals surface area contributed by atoms with Crippen LogP contribution in [0.5, 0.6) is 5.75 Å². The van der Waals surface area contributed by atoms with Crippen LogP contribution in [0.4, 0.5) is 0 Å². The van der Waals surface area contributed by atoms with E-state index in [2.05, 4.69) is 24.9 Å². The number of benzene rings is 1. The first kappa shape index (κ1) is 17.4. The van der Waals surface area contributed by atoms with E-state index in [-0.39, 0.29) is 0 Å². The van der Waals surface area contributed by atoms with Gasteiger partial charge in [0.2, 0.25) is 5.88 Å². The summed E-state index contributed by atoms with van der Waals surface area (Å²) in [5.41, 5.74) is 1.23. The number of rotatable bonds is 2. The highest BCUT2D eigenvalue weighted by Crippen LogP contribution is 2.19. The van der Waals surface area contributed by atoms with Gasteiger partial charge < -0.3 is 4.74 Å². The van der Waals surface area contributed by atoms with Crippen molar-refractivity contribution in [2.24, 2.45) is 10.9 Å². The summed E-state index contributed by atoms with van der Waals surface area (Å²) in [6, 6.07) is 7.99. The molecule has 0 spiro atoms. The minimum atomic E-state index is 0.517. The number of ether oxygens (including phenoxy) is 1. The molecule has 1 aromatic carbocycles. The molecule has 0 saturated heterocycles. The molecular weight excluding hydrogens is 234 g/mol. The van der Waals surface area contributed by atoms with Crippen LogP contribution < -0.4 is 4.74 Å². The number of hydrogen-bond acceptors (Lipinski definition) is 2. The summed E-state index contributed by atoms with van der Waals surface area (Å²) < 4.78 is 5.64. The molecule has 2 nitrogen and oxygen atoms in total.